The Kier molecular flexibility index (Phi) is 4.85. The molecule has 0 unspecified atom stereocenters. The third-order valence-electron chi connectivity index (χ3n) is 3.47. The lowest BCUT2D eigenvalue weighted by Crippen LogP contribution is -2.36. The van der Waals surface area contributed by atoms with E-state index in [2.05, 4.69) is 33.4 Å². The molecule has 0 aromatic carbocycles. The van der Waals surface area contributed by atoms with Crippen molar-refractivity contribution >= 4 is 17.4 Å². The molecule has 124 valence electrons. The van der Waals surface area contributed by atoms with Crippen LogP contribution in [-0.2, 0) is 13.1 Å². The van der Waals surface area contributed by atoms with Crippen LogP contribution >= 0.6 is 11.3 Å². The third-order valence-corrected chi connectivity index (χ3v) is 4.45. The lowest BCUT2D eigenvalue weighted by molar-refractivity contribution is 0.207. The van der Waals surface area contributed by atoms with Crippen molar-refractivity contribution in [3.05, 3.63) is 58.4 Å². The molecule has 0 aliphatic heterocycles. The van der Waals surface area contributed by atoms with Crippen LogP contribution in [0.3, 0.4) is 0 Å². The van der Waals surface area contributed by atoms with Gasteiger partial charge in [0.1, 0.15) is 12.7 Å². The number of aromatic nitrogens is 4. The molecule has 3 rings (SSSR count). The zero-order chi connectivity index (χ0) is 16.9. The van der Waals surface area contributed by atoms with Crippen LogP contribution in [0.2, 0.25) is 0 Å². The first-order valence-electron chi connectivity index (χ1n) is 7.46. The zero-order valence-electron chi connectivity index (χ0n) is 13.5. The van der Waals surface area contributed by atoms with E-state index in [0.29, 0.717) is 18.9 Å². The smallest absolute Gasteiger partial charge is 0.317 e. The van der Waals surface area contributed by atoms with Crippen LogP contribution in [0.25, 0.3) is 5.82 Å². The van der Waals surface area contributed by atoms with Gasteiger partial charge in [-0.2, -0.15) is 5.10 Å². The molecule has 2 amide bonds. The number of carbonyl (C=O) groups is 1. The van der Waals surface area contributed by atoms with Crippen molar-refractivity contribution in [1.29, 1.82) is 0 Å². The number of hydrogen-bond acceptors (Lipinski definition) is 5. The van der Waals surface area contributed by atoms with Crippen molar-refractivity contribution in [2.24, 2.45) is 0 Å². The summed E-state index contributed by atoms with van der Waals surface area (Å²) >= 11 is 1.70. The predicted molar refractivity (Wildman–Crippen MR) is 91.9 cm³/mol. The Labute approximate surface area is 144 Å². The van der Waals surface area contributed by atoms with Crippen LogP contribution in [0.4, 0.5) is 4.79 Å². The lowest BCUT2D eigenvalue weighted by atomic mass is 10.2. The van der Waals surface area contributed by atoms with Crippen molar-refractivity contribution in [2.75, 3.05) is 7.05 Å². The Hall–Kier alpha value is -2.74. The summed E-state index contributed by atoms with van der Waals surface area (Å²) in [5.74, 6) is 0.659. The van der Waals surface area contributed by atoms with E-state index in [-0.39, 0.29) is 6.03 Å². The molecule has 0 atom stereocenters. The minimum atomic E-state index is -0.130. The molecule has 8 heteroatoms. The number of carbonyl (C=O) groups excluding carboxylic acids is 1. The molecule has 3 aromatic rings. The largest absolute Gasteiger partial charge is 0.334 e. The van der Waals surface area contributed by atoms with E-state index >= 15 is 0 Å². The maximum Gasteiger partial charge on any atom is 0.317 e. The highest BCUT2D eigenvalue weighted by atomic mass is 32.1. The first kappa shape index (κ1) is 16.1. The Morgan fingerprint density at radius 2 is 2.25 bits per heavy atom. The molecule has 0 aliphatic carbocycles. The average molecular weight is 342 g/mol. The van der Waals surface area contributed by atoms with E-state index in [1.807, 2.05) is 18.2 Å². The SMILES string of the molecule is Cc1ccc(CN(C)C(=O)NCc2cccnc2-n2cncn2)s1. The summed E-state index contributed by atoms with van der Waals surface area (Å²) in [5.41, 5.74) is 0.872. The number of urea groups is 1. The highest BCUT2D eigenvalue weighted by molar-refractivity contribution is 7.11. The summed E-state index contributed by atoms with van der Waals surface area (Å²) in [7, 11) is 1.78. The topological polar surface area (TPSA) is 75.9 Å². The van der Waals surface area contributed by atoms with Crippen molar-refractivity contribution in [3.63, 3.8) is 0 Å². The molecule has 0 bridgehead atoms. The molecular formula is C16H18N6OS. The number of hydrogen-bond donors (Lipinski definition) is 1. The molecular weight excluding hydrogens is 324 g/mol. The highest BCUT2D eigenvalue weighted by Crippen LogP contribution is 2.16. The summed E-state index contributed by atoms with van der Waals surface area (Å²) in [4.78, 5) is 24.6. The number of aryl methyl sites for hydroxylation is 1. The van der Waals surface area contributed by atoms with Crippen LogP contribution < -0.4 is 5.32 Å². The Balaban J connectivity index is 1.62. The van der Waals surface area contributed by atoms with Gasteiger partial charge in [-0.1, -0.05) is 6.07 Å². The van der Waals surface area contributed by atoms with Gasteiger partial charge in [0.05, 0.1) is 6.54 Å². The van der Waals surface area contributed by atoms with E-state index in [4.69, 9.17) is 0 Å². The van der Waals surface area contributed by atoms with Gasteiger partial charge in [-0.05, 0) is 25.1 Å². The van der Waals surface area contributed by atoms with Crippen molar-refractivity contribution in [3.8, 4) is 5.82 Å². The first-order valence-corrected chi connectivity index (χ1v) is 8.28. The standard InChI is InChI=1S/C16H18N6OS/c1-12-5-6-14(24-12)9-21(2)16(23)19-8-13-4-3-7-18-15(13)22-11-17-10-20-22/h3-7,10-11H,8-9H2,1-2H3,(H,19,23). The zero-order valence-corrected chi connectivity index (χ0v) is 14.3. The molecule has 24 heavy (non-hydrogen) atoms. The van der Waals surface area contributed by atoms with Gasteiger partial charge < -0.3 is 10.2 Å². The highest BCUT2D eigenvalue weighted by Gasteiger charge is 2.12. The molecule has 7 nitrogen and oxygen atoms in total. The summed E-state index contributed by atoms with van der Waals surface area (Å²) in [6.07, 6.45) is 4.72. The van der Waals surface area contributed by atoms with Gasteiger partial charge in [0.2, 0.25) is 0 Å². The predicted octanol–water partition coefficient (Wildman–Crippen LogP) is 2.37. The summed E-state index contributed by atoms with van der Waals surface area (Å²) < 4.78 is 1.58. The molecule has 3 heterocycles. The molecule has 0 radical (unpaired) electrons. The maximum absolute atomic E-state index is 12.3. The Morgan fingerprint density at radius 1 is 1.38 bits per heavy atom. The average Bonchev–Trinajstić information content (AvgIpc) is 3.24. The van der Waals surface area contributed by atoms with E-state index in [1.54, 1.807) is 40.5 Å². The van der Waals surface area contributed by atoms with Gasteiger partial charge in [-0.15, -0.1) is 11.3 Å². The van der Waals surface area contributed by atoms with E-state index in [9.17, 15) is 4.79 Å². The first-order chi connectivity index (χ1) is 11.6. The lowest BCUT2D eigenvalue weighted by Gasteiger charge is -2.17. The number of pyridine rings is 1. The Bertz CT molecular complexity index is 814. The summed E-state index contributed by atoms with van der Waals surface area (Å²) in [5, 5.41) is 7.01. The summed E-state index contributed by atoms with van der Waals surface area (Å²) in [6.45, 7) is 3.02. The van der Waals surface area contributed by atoms with Gasteiger partial charge in [0.15, 0.2) is 5.82 Å². The van der Waals surface area contributed by atoms with Crippen molar-refractivity contribution in [2.45, 2.75) is 20.0 Å². The molecule has 3 aromatic heterocycles. The van der Waals surface area contributed by atoms with Crippen LogP contribution in [0.1, 0.15) is 15.3 Å². The maximum atomic E-state index is 12.3. The van der Waals surface area contributed by atoms with Crippen LogP contribution in [0.5, 0.6) is 0 Å². The van der Waals surface area contributed by atoms with Gasteiger partial charge in [-0.25, -0.2) is 19.4 Å². The van der Waals surface area contributed by atoms with Gasteiger partial charge in [-0.3, -0.25) is 0 Å². The normalized spacial score (nSPS) is 10.6. The minimum Gasteiger partial charge on any atom is -0.334 e. The van der Waals surface area contributed by atoms with E-state index in [1.165, 1.54) is 11.2 Å². The van der Waals surface area contributed by atoms with E-state index < -0.39 is 0 Å². The fourth-order valence-corrected chi connectivity index (χ4v) is 3.22. The minimum absolute atomic E-state index is 0.130. The molecule has 1 N–H and O–H groups in total. The number of rotatable bonds is 5. The fraction of sp³-hybridized carbons (Fsp3) is 0.250. The number of nitrogens with one attached hydrogen (secondary N) is 1. The molecule has 0 saturated carbocycles. The van der Waals surface area contributed by atoms with Gasteiger partial charge in [0.25, 0.3) is 0 Å². The number of nitrogens with zero attached hydrogens (tertiary/aromatic N) is 5. The van der Waals surface area contributed by atoms with Crippen LogP contribution in [0, 0.1) is 6.92 Å². The Morgan fingerprint density at radius 3 is 2.96 bits per heavy atom. The second-order valence-corrected chi connectivity index (χ2v) is 6.73. The number of thiophene rings is 1. The number of amides is 2. The van der Waals surface area contributed by atoms with Crippen molar-refractivity contribution < 1.29 is 4.79 Å². The molecule has 0 saturated heterocycles. The molecule has 0 spiro atoms. The van der Waals surface area contributed by atoms with E-state index in [0.717, 1.165) is 10.4 Å². The second kappa shape index (κ2) is 7.22. The van der Waals surface area contributed by atoms with Gasteiger partial charge >= 0.3 is 6.03 Å². The second-order valence-electron chi connectivity index (χ2n) is 5.35. The molecule has 0 aliphatic rings. The third kappa shape index (κ3) is 3.77. The van der Waals surface area contributed by atoms with Crippen molar-refractivity contribution in [1.82, 2.24) is 30.0 Å². The molecule has 0 fully saturated rings. The quantitative estimate of drug-likeness (QED) is 0.772. The fourth-order valence-electron chi connectivity index (χ4n) is 2.27. The monoisotopic (exact) mass is 342 g/mol. The summed E-state index contributed by atoms with van der Waals surface area (Å²) in [6, 6.07) is 7.72. The van der Waals surface area contributed by atoms with Gasteiger partial charge in [0, 0.05) is 35.1 Å². The van der Waals surface area contributed by atoms with Crippen LogP contribution in [0.15, 0.2) is 43.1 Å². The van der Waals surface area contributed by atoms with Crippen LogP contribution in [-0.4, -0.2) is 37.7 Å².